The molecule has 2 amide bonds. The Morgan fingerprint density at radius 3 is 2.86 bits per heavy atom. The Labute approximate surface area is 90.4 Å². The van der Waals surface area contributed by atoms with Crippen LogP contribution in [0, 0.1) is 0 Å². The van der Waals surface area contributed by atoms with Crippen LogP contribution in [0.15, 0.2) is 0 Å². The second-order valence-corrected chi connectivity index (χ2v) is 5.41. The van der Waals surface area contributed by atoms with Gasteiger partial charge in [-0.25, -0.2) is 4.79 Å². The van der Waals surface area contributed by atoms with Crippen molar-refractivity contribution in [3.8, 4) is 0 Å². The highest BCUT2D eigenvalue weighted by atomic mass is 32.2. The van der Waals surface area contributed by atoms with Crippen molar-refractivity contribution < 1.29 is 4.79 Å². The lowest BCUT2D eigenvalue weighted by molar-refractivity contribution is 0.238. The fraction of sp³-hybridized carbons (Fsp3) is 0.900. The van der Waals surface area contributed by atoms with Gasteiger partial charge >= 0.3 is 6.03 Å². The van der Waals surface area contributed by atoms with Crippen molar-refractivity contribution in [1.29, 1.82) is 0 Å². The largest absolute Gasteiger partial charge is 0.337 e. The van der Waals surface area contributed by atoms with E-state index in [0.29, 0.717) is 5.25 Å². The Balaban J connectivity index is 2.09. The zero-order valence-electron chi connectivity index (χ0n) is 9.01. The van der Waals surface area contributed by atoms with Crippen molar-refractivity contribution >= 4 is 17.8 Å². The first kappa shape index (κ1) is 11.7. The first-order valence-corrected chi connectivity index (χ1v) is 6.39. The summed E-state index contributed by atoms with van der Waals surface area (Å²) < 4.78 is 0. The second-order valence-electron chi connectivity index (χ2n) is 4.00. The molecule has 0 aromatic carbocycles. The molecular weight excluding hydrogens is 196 g/mol. The van der Waals surface area contributed by atoms with E-state index in [1.807, 2.05) is 25.6 Å². The van der Waals surface area contributed by atoms with Crippen LogP contribution in [0.1, 0.15) is 33.1 Å². The smallest absolute Gasteiger partial charge is 0.315 e. The maximum Gasteiger partial charge on any atom is 0.315 e. The first-order chi connectivity index (χ1) is 6.68. The average molecular weight is 216 g/mol. The van der Waals surface area contributed by atoms with Gasteiger partial charge in [-0.2, -0.15) is 11.8 Å². The van der Waals surface area contributed by atoms with E-state index in [0.717, 1.165) is 6.54 Å². The highest BCUT2D eigenvalue weighted by molar-refractivity contribution is 7.99. The number of carbonyl (C=O) groups excluding carboxylic acids is 1. The van der Waals surface area contributed by atoms with Gasteiger partial charge in [0.05, 0.1) is 0 Å². The normalized spacial score (nSPS) is 22.1. The van der Waals surface area contributed by atoms with Gasteiger partial charge in [0, 0.05) is 17.8 Å². The van der Waals surface area contributed by atoms with Crippen molar-refractivity contribution in [2.75, 3.05) is 12.3 Å². The second kappa shape index (κ2) is 6.17. The van der Waals surface area contributed by atoms with Crippen molar-refractivity contribution in [3.05, 3.63) is 0 Å². The summed E-state index contributed by atoms with van der Waals surface area (Å²) in [6.07, 6.45) is 3.89. The highest BCUT2D eigenvalue weighted by Crippen LogP contribution is 2.24. The molecule has 3 nitrogen and oxygen atoms in total. The number of hydrogen-bond acceptors (Lipinski definition) is 2. The van der Waals surface area contributed by atoms with Crippen molar-refractivity contribution in [2.24, 2.45) is 0 Å². The standard InChI is InChI=1S/C10H20N2OS/c1-8(2)12-10(13)11-7-9-5-3-4-6-14-9/h8-9H,3-7H2,1-2H3,(H2,11,12,13). The van der Waals surface area contributed by atoms with E-state index in [1.165, 1.54) is 25.0 Å². The minimum atomic E-state index is -0.0360. The third-order valence-electron chi connectivity index (χ3n) is 2.18. The molecule has 4 heteroatoms. The average Bonchev–Trinajstić information content (AvgIpc) is 2.15. The summed E-state index contributed by atoms with van der Waals surface area (Å²) in [7, 11) is 0. The molecule has 14 heavy (non-hydrogen) atoms. The van der Waals surface area contributed by atoms with E-state index in [1.54, 1.807) is 0 Å². The van der Waals surface area contributed by atoms with Gasteiger partial charge in [-0.05, 0) is 32.4 Å². The van der Waals surface area contributed by atoms with Gasteiger partial charge in [-0.15, -0.1) is 0 Å². The van der Waals surface area contributed by atoms with Crippen LogP contribution in [0.3, 0.4) is 0 Å². The fourth-order valence-electron chi connectivity index (χ4n) is 1.49. The lowest BCUT2D eigenvalue weighted by Crippen LogP contribution is -2.42. The molecule has 0 saturated carbocycles. The molecular formula is C10H20N2OS. The number of nitrogens with one attached hydrogen (secondary N) is 2. The SMILES string of the molecule is CC(C)NC(=O)NCC1CCCCS1. The van der Waals surface area contributed by atoms with E-state index in [9.17, 15) is 4.79 Å². The zero-order valence-corrected chi connectivity index (χ0v) is 9.82. The number of rotatable bonds is 3. The summed E-state index contributed by atoms with van der Waals surface area (Å²) in [6.45, 7) is 4.74. The third-order valence-corrected chi connectivity index (χ3v) is 3.58. The van der Waals surface area contributed by atoms with Crippen LogP contribution >= 0.6 is 11.8 Å². The van der Waals surface area contributed by atoms with Crippen LogP contribution < -0.4 is 10.6 Å². The molecule has 0 radical (unpaired) electrons. The Morgan fingerprint density at radius 1 is 1.50 bits per heavy atom. The molecule has 1 aliphatic rings. The molecule has 2 N–H and O–H groups in total. The summed E-state index contributed by atoms with van der Waals surface area (Å²) in [4.78, 5) is 11.3. The number of carbonyl (C=O) groups is 1. The molecule has 1 aliphatic heterocycles. The van der Waals surface area contributed by atoms with E-state index < -0.39 is 0 Å². The maximum absolute atomic E-state index is 11.3. The summed E-state index contributed by atoms with van der Waals surface area (Å²) in [5, 5.41) is 6.36. The molecule has 82 valence electrons. The Kier molecular flexibility index (Phi) is 5.15. The topological polar surface area (TPSA) is 41.1 Å². The summed E-state index contributed by atoms with van der Waals surface area (Å²) in [5.41, 5.74) is 0. The molecule has 1 atom stereocenters. The first-order valence-electron chi connectivity index (χ1n) is 5.34. The predicted octanol–water partition coefficient (Wildman–Crippen LogP) is 1.98. The molecule has 1 heterocycles. The van der Waals surface area contributed by atoms with Crippen molar-refractivity contribution in [1.82, 2.24) is 10.6 Å². The molecule has 1 unspecified atom stereocenters. The van der Waals surface area contributed by atoms with Crippen LogP contribution in [0.2, 0.25) is 0 Å². The number of amides is 2. The summed E-state index contributed by atoms with van der Waals surface area (Å²) in [6, 6.07) is 0.181. The van der Waals surface area contributed by atoms with Gasteiger partial charge in [-0.3, -0.25) is 0 Å². The van der Waals surface area contributed by atoms with Crippen LogP contribution in [-0.2, 0) is 0 Å². The van der Waals surface area contributed by atoms with E-state index >= 15 is 0 Å². The Bertz CT molecular complexity index is 179. The van der Waals surface area contributed by atoms with Gasteiger partial charge < -0.3 is 10.6 Å². The zero-order chi connectivity index (χ0) is 10.4. The predicted molar refractivity (Wildman–Crippen MR) is 61.8 cm³/mol. The van der Waals surface area contributed by atoms with Crippen molar-refractivity contribution in [3.63, 3.8) is 0 Å². The minimum Gasteiger partial charge on any atom is -0.337 e. The van der Waals surface area contributed by atoms with E-state index in [2.05, 4.69) is 10.6 Å². The van der Waals surface area contributed by atoms with Crippen molar-refractivity contribution in [2.45, 2.75) is 44.4 Å². The molecule has 0 aliphatic carbocycles. The molecule has 0 aromatic rings. The Hall–Kier alpha value is -0.380. The molecule has 1 saturated heterocycles. The third kappa shape index (κ3) is 4.74. The molecule has 1 fully saturated rings. The molecule has 0 bridgehead atoms. The van der Waals surface area contributed by atoms with Crippen LogP contribution in [0.25, 0.3) is 0 Å². The molecule has 1 rings (SSSR count). The van der Waals surface area contributed by atoms with Gasteiger partial charge in [-0.1, -0.05) is 6.42 Å². The van der Waals surface area contributed by atoms with Crippen LogP contribution in [-0.4, -0.2) is 29.6 Å². The van der Waals surface area contributed by atoms with Gasteiger partial charge in [0.25, 0.3) is 0 Å². The fourth-order valence-corrected chi connectivity index (χ4v) is 2.73. The van der Waals surface area contributed by atoms with Gasteiger partial charge in [0.15, 0.2) is 0 Å². The number of urea groups is 1. The van der Waals surface area contributed by atoms with E-state index in [4.69, 9.17) is 0 Å². The van der Waals surface area contributed by atoms with Gasteiger partial charge in [0.2, 0.25) is 0 Å². The number of hydrogen-bond donors (Lipinski definition) is 2. The lowest BCUT2D eigenvalue weighted by atomic mass is 10.2. The van der Waals surface area contributed by atoms with Crippen LogP contribution in [0.4, 0.5) is 4.79 Å². The summed E-state index contributed by atoms with van der Waals surface area (Å²) in [5.74, 6) is 1.25. The highest BCUT2D eigenvalue weighted by Gasteiger charge is 2.14. The molecule has 0 spiro atoms. The number of thioether (sulfide) groups is 1. The maximum atomic E-state index is 11.3. The minimum absolute atomic E-state index is 0.0360. The molecule has 0 aromatic heterocycles. The van der Waals surface area contributed by atoms with E-state index in [-0.39, 0.29) is 12.1 Å². The quantitative estimate of drug-likeness (QED) is 0.757. The Morgan fingerprint density at radius 2 is 2.29 bits per heavy atom. The lowest BCUT2D eigenvalue weighted by Gasteiger charge is -2.21. The monoisotopic (exact) mass is 216 g/mol. The summed E-state index contributed by atoms with van der Waals surface area (Å²) >= 11 is 1.98. The van der Waals surface area contributed by atoms with Gasteiger partial charge in [0.1, 0.15) is 0 Å². The van der Waals surface area contributed by atoms with Crippen LogP contribution in [0.5, 0.6) is 0 Å².